The molecule has 0 bridgehead atoms. The summed E-state index contributed by atoms with van der Waals surface area (Å²) in [6.45, 7) is 1.43. The van der Waals surface area contributed by atoms with E-state index in [4.69, 9.17) is 0 Å². The van der Waals surface area contributed by atoms with Crippen LogP contribution in [-0.4, -0.2) is 31.6 Å². The van der Waals surface area contributed by atoms with Gasteiger partial charge in [0.15, 0.2) is 5.82 Å². The van der Waals surface area contributed by atoms with Crippen LogP contribution in [0.2, 0.25) is 0 Å². The third-order valence-corrected chi connectivity index (χ3v) is 3.13. The average Bonchev–Trinajstić information content (AvgIpc) is 3.10. The maximum atomic E-state index is 12.5. The standard InChI is InChI=1S/C16H14N6O2/c1-11(23)20-12-4-6-13(7-5-12)21-16(24)14-3-2-8-18-15(14)22-10-17-9-19-22/h2-10H,1H3,(H,20,23)(H,21,24). The lowest BCUT2D eigenvalue weighted by Crippen LogP contribution is -2.16. The largest absolute Gasteiger partial charge is 0.326 e. The van der Waals surface area contributed by atoms with Crippen LogP contribution in [0.4, 0.5) is 11.4 Å². The Balaban J connectivity index is 1.80. The smallest absolute Gasteiger partial charge is 0.259 e. The van der Waals surface area contributed by atoms with Gasteiger partial charge in [-0.2, -0.15) is 5.10 Å². The highest BCUT2D eigenvalue weighted by molar-refractivity contribution is 6.06. The van der Waals surface area contributed by atoms with E-state index in [1.54, 1.807) is 42.6 Å². The number of nitrogens with one attached hydrogen (secondary N) is 2. The van der Waals surface area contributed by atoms with E-state index in [0.29, 0.717) is 22.8 Å². The first-order valence-electron chi connectivity index (χ1n) is 7.12. The van der Waals surface area contributed by atoms with Gasteiger partial charge in [-0.25, -0.2) is 14.6 Å². The van der Waals surface area contributed by atoms with Crippen LogP contribution >= 0.6 is 0 Å². The van der Waals surface area contributed by atoms with Gasteiger partial charge in [-0.15, -0.1) is 0 Å². The quantitative estimate of drug-likeness (QED) is 0.763. The lowest BCUT2D eigenvalue weighted by atomic mass is 10.2. The molecule has 24 heavy (non-hydrogen) atoms. The minimum atomic E-state index is -0.319. The van der Waals surface area contributed by atoms with E-state index in [1.165, 1.54) is 24.3 Å². The van der Waals surface area contributed by atoms with Crippen LogP contribution in [0, 0.1) is 0 Å². The number of pyridine rings is 1. The molecule has 0 radical (unpaired) electrons. The molecular formula is C16H14N6O2. The fourth-order valence-electron chi connectivity index (χ4n) is 2.11. The Labute approximate surface area is 137 Å². The van der Waals surface area contributed by atoms with E-state index in [2.05, 4.69) is 25.7 Å². The van der Waals surface area contributed by atoms with Gasteiger partial charge in [-0.3, -0.25) is 9.59 Å². The van der Waals surface area contributed by atoms with Crippen LogP contribution < -0.4 is 10.6 Å². The fraction of sp³-hybridized carbons (Fsp3) is 0.0625. The molecule has 3 rings (SSSR count). The summed E-state index contributed by atoms with van der Waals surface area (Å²) >= 11 is 0. The Morgan fingerprint density at radius 3 is 2.38 bits per heavy atom. The Morgan fingerprint density at radius 1 is 1.04 bits per heavy atom. The number of carbonyl (C=O) groups is 2. The third kappa shape index (κ3) is 3.43. The molecule has 8 heteroatoms. The van der Waals surface area contributed by atoms with Gasteiger partial charge in [-0.05, 0) is 36.4 Å². The second kappa shape index (κ2) is 6.69. The molecule has 2 aromatic heterocycles. The Hall–Kier alpha value is -3.55. The van der Waals surface area contributed by atoms with E-state index in [1.807, 2.05) is 0 Å². The van der Waals surface area contributed by atoms with Crippen molar-refractivity contribution in [2.45, 2.75) is 6.92 Å². The molecule has 120 valence electrons. The minimum absolute atomic E-state index is 0.153. The summed E-state index contributed by atoms with van der Waals surface area (Å²) in [6, 6.07) is 10.2. The molecule has 0 saturated heterocycles. The van der Waals surface area contributed by atoms with Crippen LogP contribution in [0.1, 0.15) is 17.3 Å². The maximum Gasteiger partial charge on any atom is 0.259 e. The van der Waals surface area contributed by atoms with Crippen LogP contribution in [-0.2, 0) is 4.79 Å². The molecule has 2 amide bonds. The number of carbonyl (C=O) groups excluding carboxylic acids is 2. The average molecular weight is 322 g/mol. The fourth-order valence-corrected chi connectivity index (χ4v) is 2.11. The monoisotopic (exact) mass is 322 g/mol. The van der Waals surface area contributed by atoms with Gasteiger partial charge in [0.05, 0.1) is 5.56 Å². The minimum Gasteiger partial charge on any atom is -0.326 e. The van der Waals surface area contributed by atoms with Gasteiger partial charge in [0.25, 0.3) is 5.91 Å². The van der Waals surface area contributed by atoms with Gasteiger partial charge in [0, 0.05) is 24.5 Å². The van der Waals surface area contributed by atoms with Crippen molar-refractivity contribution in [2.75, 3.05) is 10.6 Å². The van der Waals surface area contributed by atoms with Crippen LogP contribution in [0.15, 0.2) is 55.2 Å². The van der Waals surface area contributed by atoms with Gasteiger partial charge in [0.1, 0.15) is 12.7 Å². The summed E-state index contributed by atoms with van der Waals surface area (Å²) in [5.74, 6) is -0.0807. The Morgan fingerprint density at radius 2 is 1.75 bits per heavy atom. The van der Waals surface area contributed by atoms with Crippen LogP contribution in [0.25, 0.3) is 5.82 Å². The summed E-state index contributed by atoms with van der Waals surface area (Å²) in [5, 5.41) is 9.45. The second-order valence-corrected chi connectivity index (χ2v) is 4.93. The summed E-state index contributed by atoms with van der Waals surface area (Å²) in [5.41, 5.74) is 1.63. The number of hydrogen-bond acceptors (Lipinski definition) is 5. The molecule has 0 fully saturated rings. The van der Waals surface area contributed by atoms with E-state index in [-0.39, 0.29) is 11.8 Å². The summed E-state index contributed by atoms with van der Waals surface area (Å²) in [4.78, 5) is 31.6. The molecule has 1 aromatic carbocycles. The molecule has 0 aliphatic heterocycles. The third-order valence-electron chi connectivity index (χ3n) is 3.13. The van der Waals surface area contributed by atoms with Crippen LogP contribution in [0.3, 0.4) is 0 Å². The Kier molecular flexibility index (Phi) is 4.28. The van der Waals surface area contributed by atoms with Crippen molar-refractivity contribution in [3.8, 4) is 5.82 Å². The number of rotatable bonds is 4. The van der Waals surface area contributed by atoms with E-state index in [9.17, 15) is 9.59 Å². The van der Waals surface area contributed by atoms with Gasteiger partial charge >= 0.3 is 0 Å². The number of anilines is 2. The van der Waals surface area contributed by atoms with Crippen molar-refractivity contribution in [3.05, 3.63) is 60.8 Å². The molecule has 0 saturated carbocycles. The zero-order chi connectivity index (χ0) is 16.9. The molecule has 0 spiro atoms. The number of amides is 2. The Bertz CT molecular complexity index is 859. The second-order valence-electron chi connectivity index (χ2n) is 4.93. The molecule has 8 nitrogen and oxygen atoms in total. The highest BCUT2D eigenvalue weighted by Gasteiger charge is 2.14. The molecule has 2 heterocycles. The predicted octanol–water partition coefficient (Wildman–Crippen LogP) is 1.87. The molecule has 3 aromatic rings. The lowest BCUT2D eigenvalue weighted by Gasteiger charge is -2.09. The zero-order valence-corrected chi connectivity index (χ0v) is 12.8. The molecule has 0 unspecified atom stereocenters. The van der Waals surface area contributed by atoms with Gasteiger partial charge in [0.2, 0.25) is 5.91 Å². The normalized spacial score (nSPS) is 10.2. The zero-order valence-electron chi connectivity index (χ0n) is 12.8. The maximum absolute atomic E-state index is 12.5. The molecule has 0 aliphatic carbocycles. The summed E-state index contributed by atoms with van der Waals surface area (Å²) in [6.07, 6.45) is 4.43. The first-order chi connectivity index (χ1) is 11.6. The lowest BCUT2D eigenvalue weighted by molar-refractivity contribution is -0.114. The first kappa shape index (κ1) is 15.3. The van der Waals surface area contributed by atoms with Crippen molar-refractivity contribution in [1.82, 2.24) is 19.7 Å². The highest BCUT2D eigenvalue weighted by Crippen LogP contribution is 2.16. The number of nitrogens with zero attached hydrogens (tertiary/aromatic N) is 4. The number of benzene rings is 1. The van der Waals surface area contributed by atoms with Crippen molar-refractivity contribution in [3.63, 3.8) is 0 Å². The van der Waals surface area contributed by atoms with Crippen molar-refractivity contribution in [2.24, 2.45) is 0 Å². The number of hydrogen-bond donors (Lipinski definition) is 2. The molecule has 0 aliphatic rings. The first-order valence-corrected chi connectivity index (χ1v) is 7.12. The predicted molar refractivity (Wildman–Crippen MR) is 87.9 cm³/mol. The summed E-state index contributed by atoms with van der Waals surface area (Å²) < 4.78 is 1.43. The van der Waals surface area contributed by atoms with E-state index < -0.39 is 0 Å². The number of aromatic nitrogens is 4. The molecular weight excluding hydrogens is 308 g/mol. The van der Waals surface area contributed by atoms with Gasteiger partial charge in [-0.1, -0.05) is 0 Å². The summed E-state index contributed by atoms with van der Waals surface area (Å²) in [7, 11) is 0. The molecule has 0 atom stereocenters. The van der Waals surface area contributed by atoms with Crippen molar-refractivity contribution >= 4 is 23.2 Å². The van der Waals surface area contributed by atoms with E-state index >= 15 is 0 Å². The van der Waals surface area contributed by atoms with Gasteiger partial charge < -0.3 is 10.6 Å². The van der Waals surface area contributed by atoms with E-state index in [0.717, 1.165) is 0 Å². The topological polar surface area (TPSA) is 102 Å². The molecule has 2 N–H and O–H groups in total. The van der Waals surface area contributed by atoms with Crippen molar-refractivity contribution < 1.29 is 9.59 Å². The van der Waals surface area contributed by atoms with Crippen LogP contribution in [0.5, 0.6) is 0 Å². The highest BCUT2D eigenvalue weighted by atomic mass is 16.2. The van der Waals surface area contributed by atoms with Crippen molar-refractivity contribution in [1.29, 1.82) is 0 Å². The SMILES string of the molecule is CC(=O)Nc1ccc(NC(=O)c2cccnc2-n2cncn2)cc1.